The number of rotatable bonds is 3. The first-order chi connectivity index (χ1) is 10.2. The van der Waals surface area contributed by atoms with Crippen LogP contribution >= 0.6 is 11.6 Å². The molecule has 0 saturated carbocycles. The summed E-state index contributed by atoms with van der Waals surface area (Å²) in [6.07, 6.45) is 2.53. The van der Waals surface area contributed by atoms with Crippen LogP contribution in [0.2, 0.25) is 5.15 Å². The van der Waals surface area contributed by atoms with Gasteiger partial charge in [-0.3, -0.25) is 4.90 Å². The number of hydrogen-bond donors (Lipinski definition) is 1. The summed E-state index contributed by atoms with van der Waals surface area (Å²) >= 11 is 6.23. The predicted octanol–water partition coefficient (Wildman–Crippen LogP) is 0.591. The van der Waals surface area contributed by atoms with Gasteiger partial charge in [-0.1, -0.05) is 11.6 Å². The number of aromatic nitrogens is 4. The quantitative estimate of drug-likeness (QED) is 0.837. The largest absolute Gasteiger partial charge is 0.395 e. The second-order valence-electron chi connectivity index (χ2n) is 5.23. The van der Waals surface area contributed by atoms with Crippen LogP contribution in [0.3, 0.4) is 0 Å². The summed E-state index contributed by atoms with van der Waals surface area (Å²) in [6.45, 7) is 6.60. The minimum absolute atomic E-state index is 0.202. The second-order valence-corrected chi connectivity index (χ2v) is 5.59. The summed E-state index contributed by atoms with van der Waals surface area (Å²) in [7, 11) is 0. The van der Waals surface area contributed by atoms with Crippen molar-refractivity contribution in [3.05, 3.63) is 17.0 Å². The average Bonchev–Trinajstić information content (AvgIpc) is 2.79. The minimum atomic E-state index is 0.202. The predicted molar refractivity (Wildman–Crippen MR) is 80.9 cm³/mol. The maximum absolute atomic E-state index is 9.08. The molecule has 0 amide bonds. The van der Waals surface area contributed by atoms with Crippen molar-refractivity contribution in [1.82, 2.24) is 24.5 Å². The lowest BCUT2D eigenvalue weighted by atomic mass is 10.3. The minimum Gasteiger partial charge on any atom is -0.395 e. The standard InChI is InChI=1S/C13H19ClN6O/c1-10-11(14)17-13-15-9-16-20(13)12(10)19-4-2-3-18(5-6-19)7-8-21/h9,21H,2-8H2,1H3. The molecule has 0 aliphatic carbocycles. The highest BCUT2D eigenvalue weighted by atomic mass is 35.5. The molecule has 0 aromatic carbocycles. The molecule has 3 rings (SSSR count). The van der Waals surface area contributed by atoms with Gasteiger partial charge in [0.15, 0.2) is 0 Å². The van der Waals surface area contributed by atoms with Crippen LogP contribution in [0.25, 0.3) is 5.78 Å². The Balaban J connectivity index is 1.93. The van der Waals surface area contributed by atoms with E-state index in [2.05, 4.69) is 24.9 Å². The van der Waals surface area contributed by atoms with Crippen molar-refractivity contribution >= 4 is 23.2 Å². The number of nitrogens with zero attached hydrogens (tertiary/aromatic N) is 6. The van der Waals surface area contributed by atoms with Crippen molar-refractivity contribution in [3.8, 4) is 0 Å². The van der Waals surface area contributed by atoms with Gasteiger partial charge in [-0.25, -0.2) is 0 Å². The van der Waals surface area contributed by atoms with Crippen LogP contribution in [0.4, 0.5) is 5.82 Å². The van der Waals surface area contributed by atoms with Gasteiger partial charge in [0, 0.05) is 31.7 Å². The second kappa shape index (κ2) is 6.13. The molecular weight excluding hydrogens is 292 g/mol. The van der Waals surface area contributed by atoms with Gasteiger partial charge in [0.2, 0.25) is 0 Å². The lowest BCUT2D eigenvalue weighted by Crippen LogP contribution is -2.33. The van der Waals surface area contributed by atoms with E-state index in [0.717, 1.165) is 50.5 Å². The zero-order valence-corrected chi connectivity index (χ0v) is 12.8. The van der Waals surface area contributed by atoms with Crippen LogP contribution in [0.1, 0.15) is 12.0 Å². The van der Waals surface area contributed by atoms with Crippen LogP contribution in [0.5, 0.6) is 0 Å². The van der Waals surface area contributed by atoms with Crippen molar-refractivity contribution in [2.75, 3.05) is 44.2 Å². The lowest BCUT2D eigenvalue weighted by Gasteiger charge is -2.25. The SMILES string of the molecule is Cc1c(Cl)nc2ncnn2c1N1CCCN(CCO)CC1. The molecule has 0 bridgehead atoms. The Hall–Kier alpha value is -1.44. The molecule has 1 fully saturated rings. The van der Waals surface area contributed by atoms with E-state index in [4.69, 9.17) is 16.7 Å². The van der Waals surface area contributed by atoms with E-state index >= 15 is 0 Å². The van der Waals surface area contributed by atoms with Gasteiger partial charge in [0.25, 0.3) is 5.78 Å². The first-order valence-electron chi connectivity index (χ1n) is 7.14. The first kappa shape index (κ1) is 14.5. The number of halogens is 1. The van der Waals surface area contributed by atoms with Gasteiger partial charge >= 0.3 is 0 Å². The third-order valence-corrected chi connectivity index (χ3v) is 4.25. The molecule has 1 aliphatic heterocycles. The molecule has 7 nitrogen and oxygen atoms in total. The van der Waals surface area contributed by atoms with E-state index in [1.807, 2.05) is 6.92 Å². The highest BCUT2D eigenvalue weighted by Crippen LogP contribution is 2.26. The fourth-order valence-electron chi connectivity index (χ4n) is 2.80. The number of aliphatic hydroxyl groups excluding tert-OH is 1. The van der Waals surface area contributed by atoms with Gasteiger partial charge in [-0.2, -0.15) is 19.6 Å². The molecule has 0 atom stereocenters. The fourth-order valence-corrected chi connectivity index (χ4v) is 2.96. The van der Waals surface area contributed by atoms with Crippen LogP contribution in [0, 0.1) is 6.92 Å². The number of aliphatic hydroxyl groups is 1. The van der Waals surface area contributed by atoms with E-state index in [1.54, 1.807) is 4.52 Å². The van der Waals surface area contributed by atoms with Gasteiger partial charge in [0.1, 0.15) is 17.3 Å². The summed E-state index contributed by atoms with van der Waals surface area (Å²) < 4.78 is 1.75. The molecule has 1 saturated heterocycles. The molecule has 21 heavy (non-hydrogen) atoms. The first-order valence-corrected chi connectivity index (χ1v) is 7.52. The summed E-state index contributed by atoms with van der Waals surface area (Å²) in [5.74, 6) is 1.49. The molecule has 1 N–H and O–H groups in total. The van der Waals surface area contributed by atoms with E-state index in [0.29, 0.717) is 10.9 Å². The Bertz CT molecular complexity index is 630. The molecule has 1 aliphatic rings. The van der Waals surface area contributed by atoms with E-state index in [1.165, 1.54) is 6.33 Å². The zero-order chi connectivity index (χ0) is 14.8. The smallest absolute Gasteiger partial charge is 0.255 e. The number of hydrogen-bond acceptors (Lipinski definition) is 6. The maximum atomic E-state index is 9.08. The number of anilines is 1. The average molecular weight is 311 g/mol. The van der Waals surface area contributed by atoms with Crippen molar-refractivity contribution in [3.63, 3.8) is 0 Å². The summed E-state index contributed by atoms with van der Waals surface area (Å²) in [5.41, 5.74) is 0.922. The molecule has 0 unspecified atom stereocenters. The Morgan fingerprint density at radius 1 is 1.29 bits per heavy atom. The van der Waals surface area contributed by atoms with Crippen LogP contribution in [0.15, 0.2) is 6.33 Å². The Morgan fingerprint density at radius 3 is 2.95 bits per heavy atom. The van der Waals surface area contributed by atoms with Crippen LogP contribution in [-0.4, -0.2) is 68.9 Å². The van der Waals surface area contributed by atoms with Crippen molar-refractivity contribution in [2.45, 2.75) is 13.3 Å². The Kier molecular flexibility index (Phi) is 4.23. The summed E-state index contributed by atoms with van der Waals surface area (Å²) in [5, 5.41) is 13.8. The highest BCUT2D eigenvalue weighted by molar-refractivity contribution is 6.30. The zero-order valence-electron chi connectivity index (χ0n) is 12.0. The van der Waals surface area contributed by atoms with Crippen molar-refractivity contribution < 1.29 is 5.11 Å². The van der Waals surface area contributed by atoms with Gasteiger partial charge in [0.05, 0.1) is 6.61 Å². The summed E-state index contributed by atoms with van der Waals surface area (Å²) in [4.78, 5) is 12.9. The molecule has 3 heterocycles. The van der Waals surface area contributed by atoms with Gasteiger partial charge < -0.3 is 10.0 Å². The third kappa shape index (κ3) is 2.81. The Morgan fingerprint density at radius 2 is 2.14 bits per heavy atom. The van der Waals surface area contributed by atoms with Crippen molar-refractivity contribution in [1.29, 1.82) is 0 Å². The molecular formula is C13H19ClN6O. The van der Waals surface area contributed by atoms with Crippen molar-refractivity contribution in [2.24, 2.45) is 0 Å². The third-order valence-electron chi connectivity index (χ3n) is 3.88. The Labute approximate surface area is 128 Å². The molecule has 2 aromatic heterocycles. The molecule has 8 heteroatoms. The molecule has 2 aromatic rings. The van der Waals surface area contributed by atoms with Crippen LogP contribution in [-0.2, 0) is 0 Å². The maximum Gasteiger partial charge on any atom is 0.255 e. The number of fused-ring (bicyclic) bond motifs is 1. The van der Waals surface area contributed by atoms with E-state index in [-0.39, 0.29) is 6.61 Å². The monoisotopic (exact) mass is 310 g/mol. The fraction of sp³-hybridized carbons (Fsp3) is 0.615. The van der Waals surface area contributed by atoms with E-state index in [9.17, 15) is 0 Å². The molecule has 0 spiro atoms. The normalized spacial score (nSPS) is 17.4. The van der Waals surface area contributed by atoms with Gasteiger partial charge in [-0.05, 0) is 19.9 Å². The highest BCUT2D eigenvalue weighted by Gasteiger charge is 2.21. The topological polar surface area (TPSA) is 69.8 Å². The lowest BCUT2D eigenvalue weighted by molar-refractivity contribution is 0.204. The molecule has 0 radical (unpaired) electrons. The van der Waals surface area contributed by atoms with Gasteiger partial charge in [-0.15, -0.1) is 0 Å². The number of β-amino-alcohol motifs (C(OH)–C–C–N with tert-alkyl or cyclic N) is 1. The summed E-state index contributed by atoms with van der Waals surface area (Å²) in [6, 6.07) is 0. The van der Waals surface area contributed by atoms with Crippen LogP contribution < -0.4 is 4.90 Å². The van der Waals surface area contributed by atoms with E-state index < -0.39 is 0 Å². The molecule has 114 valence electrons.